The second-order valence-electron chi connectivity index (χ2n) is 5.50. The van der Waals surface area contributed by atoms with Gasteiger partial charge in [-0.05, 0) is 31.0 Å². The van der Waals surface area contributed by atoms with Crippen LogP contribution in [0.1, 0.15) is 36.4 Å². The van der Waals surface area contributed by atoms with E-state index in [-0.39, 0.29) is 6.04 Å². The van der Waals surface area contributed by atoms with Crippen molar-refractivity contribution in [3.05, 3.63) is 59.7 Å². The molecule has 0 spiro atoms. The first-order chi connectivity index (χ1) is 10.3. The standard InChI is InChI=1S/C18H21NO2/c20-18-12-15(21-13-14-6-2-1-3-7-14)9-10-16(18)17-8-4-5-11-19-17/h1-3,6-7,9-10,12,17,19-20H,4-5,8,11,13H2/t17-/m0/s1. The molecule has 3 heteroatoms. The molecule has 1 fully saturated rings. The molecule has 0 saturated carbocycles. The van der Waals surface area contributed by atoms with Gasteiger partial charge in [0.2, 0.25) is 0 Å². The molecule has 1 atom stereocenters. The van der Waals surface area contributed by atoms with E-state index in [0.29, 0.717) is 18.1 Å². The normalized spacial score (nSPS) is 18.4. The van der Waals surface area contributed by atoms with E-state index in [1.807, 2.05) is 42.5 Å². The average Bonchev–Trinajstić information content (AvgIpc) is 2.55. The van der Waals surface area contributed by atoms with Crippen LogP contribution in [-0.2, 0) is 6.61 Å². The van der Waals surface area contributed by atoms with Crippen molar-refractivity contribution < 1.29 is 9.84 Å². The molecule has 0 aromatic heterocycles. The van der Waals surface area contributed by atoms with Crippen LogP contribution in [0.2, 0.25) is 0 Å². The molecule has 0 amide bonds. The predicted molar refractivity (Wildman–Crippen MR) is 83.5 cm³/mol. The van der Waals surface area contributed by atoms with E-state index in [4.69, 9.17) is 4.74 Å². The van der Waals surface area contributed by atoms with Crippen molar-refractivity contribution in [1.29, 1.82) is 0 Å². The molecule has 1 heterocycles. The summed E-state index contributed by atoms with van der Waals surface area (Å²) in [6.45, 7) is 1.54. The van der Waals surface area contributed by atoms with Crippen LogP contribution in [-0.4, -0.2) is 11.7 Å². The predicted octanol–water partition coefficient (Wildman–Crippen LogP) is 3.79. The fraction of sp³-hybridized carbons (Fsp3) is 0.333. The number of phenolic OH excluding ortho intramolecular Hbond substituents is 1. The van der Waals surface area contributed by atoms with E-state index >= 15 is 0 Å². The highest BCUT2D eigenvalue weighted by atomic mass is 16.5. The first-order valence-electron chi connectivity index (χ1n) is 7.56. The average molecular weight is 283 g/mol. The van der Waals surface area contributed by atoms with Gasteiger partial charge in [-0.1, -0.05) is 42.8 Å². The van der Waals surface area contributed by atoms with Crippen molar-refractivity contribution in [3.63, 3.8) is 0 Å². The fourth-order valence-electron chi connectivity index (χ4n) is 2.77. The van der Waals surface area contributed by atoms with Gasteiger partial charge in [0.25, 0.3) is 0 Å². The highest BCUT2D eigenvalue weighted by molar-refractivity contribution is 5.41. The summed E-state index contributed by atoms with van der Waals surface area (Å²) < 4.78 is 5.73. The zero-order chi connectivity index (χ0) is 14.5. The number of benzene rings is 2. The van der Waals surface area contributed by atoms with Gasteiger partial charge in [-0.2, -0.15) is 0 Å². The lowest BCUT2D eigenvalue weighted by atomic mass is 9.97. The summed E-state index contributed by atoms with van der Waals surface area (Å²) in [6, 6.07) is 15.9. The second-order valence-corrected chi connectivity index (χ2v) is 5.50. The Balaban J connectivity index is 1.66. The quantitative estimate of drug-likeness (QED) is 0.897. The van der Waals surface area contributed by atoms with E-state index in [0.717, 1.165) is 24.1 Å². The molecule has 1 aliphatic rings. The summed E-state index contributed by atoms with van der Waals surface area (Å²) in [6.07, 6.45) is 3.51. The maximum absolute atomic E-state index is 10.2. The molecule has 0 unspecified atom stereocenters. The number of ether oxygens (including phenoxy) is 1. The molecule has 2 N–H and O–H groups in total. The second kappa shape index (κ2) is 6.64. The first kappa shape index (κ1) is 14.0. The van der Waals surface area contributed by atoms with Crippen LogP contribution in [0.5, 0.6) is 11.5 Å². The van der Waals surface area contributed by atoms with Crippen molar-refractivity contribution in [2.24, 2.45) is 0 Å². The molecule has 21 heavy (non-hydrogen) atoms. The lowest BCUT2D eigenvalue weighted by Crippen LogP contribution is -2.26. The molecular formula is C18H21NO2. The van der Waals surface area contributed by atoms with E-state index < -0.39 is 0 Å². The third-order valence-corrected chi connectivity index (χ3v) is 3.94. The highest BCUT2D eigenvalue weighted by Crippen LogP contribution is 2.32. The van der Waals surface area contributed by atoms with Crippen molar-refractivity contribution in [2.45, 2.75) is 31.9 Å². The Morgan fingerprint density at radius 3 is 2.67 bits per heavy atom. The van der Waals surface area contributed by atoms with Gasteiger partial charge in [-0.25, -0.2) is 0 Å². The number of hydrogen-bond donors (Lipinski definition) is 2. The van der Waals surface area contributed by atoms with Crippen molar-refractivity contribution >= 4 is 0 Å². The number of phenols is 1. The Bertz CT molecular complexity index is 577. The zero-order valence-corrected chi connectivity index (χ0v) is 12.1. The number of nitrogens with one attached hydrogen (secondary N) is 1. The van der Waals surface area contributed by atoms with E-state index in [1.165, 1.54) is 12.8 Å². The van der Waals surface area contributed by atoms with Crippen molar-refractivity contribution in [2.75, 3.05) is 6.54 Å². The van der Waals surface area contributed by atoms with E-state index in [9.17, 15) is 5.11 Å². The van der Waals surface area contributed by atoms with Crippen LogP contribution in [0.15, 0.2) is 48.5 Å². The lowest BCUT2D eigenvalue weighted by molar-refractivity contribution is 0.303. The number of hydrogen-bond acceptors (Lipinski definition) is 3. The van der Waals surface area contributed by atoms with Gasteiger partial charge < -0.3 is 15.2 Å². The van der Waals surface area contributed by atoms with E-state index in [1.54, 1.807) is 6.07 Å². The van der Waals surface area contributed by atoms with Gasteiger partial charge in [0.15, 0.2) is 0 Å². The molecule has 1 saturated heterocycles. The molecule has 2 aromatic rings. The third-order valence-electron chi connectivity index (χ3n) is 3.94. The van der Waals surface area contributed by atoms with Crippen molar-refractivity contribution in [3.8, 4) is 11.5 Å². The molecule has 2 aromatic carbocycles. The molecule has 1 aliphatic heterocycles. The Morgan fingerprint density at radius 1 is 1.10 bits per heavy atom. The van der Waals surface area contributed by atoms with Crippen LogP contribution in [0.25, 0.3) is 0 Å². The van der Waals surface area contributed by atoms with Gasteiger partial charge in [-0.3, -0.25) is 0 Å². The molecule has 110 valence electrons. The molecule has 0 radical (unpaired) electrons. The van der Waals surface area contributed by atoms with Crippen LogP contribution >= 0.6 is 0 Å². The first-order valence-corrected chi connectivity index (χ1v) is 7.56. The van der Waals surface area contributed by atoms with Crippen LogP contribution < -0.4 is 10.1 Å². The summed E-state index contributed by atoms with van der Waals surface area (Å²) >= 11 is 0. The van der Waals surface area contributed by atoms with Gasteiger partial charge >= 0.3 is 0 Å². The number of piperidine rings is 1. The Hall–Kier alpha value is -2.00. The van der Waals surface area contributed by atoms with Crippen LogP contribution in [0, 0.1) is 0 Å². The minimum Gasteiger partial charge on any atom is -0.507 e. The Morgan fingerprint density at radius 2 is 1.95 bits per heavy atom. The fourth-order valence-corrected chi connectivity index (χ4v) is 2.77. The summed E-state index contributed by atoms with van der Waals surface area (Å²) in [5.74, 6) is 1.02. The smallest absolute Gasteiger partial charge is 0.124 e. The lowest BCUT2D eigenvalue weighted by Gasteiger charge is -2.24. The van der Waals surface area contributed by atoms with Crippen LogP contribution in [0.3, 0.4) is 0 Å². The summed E-state index contributed by atoms with van der Waals surface area (Å²) in [4.78, 5) is 0. The number of rotatable bonds is 4. The molecule has 3 nitrogen and oxygen atoms in total. The third kappa shape index (κ3) is 3.56. The number of aromatic hydroxyl groups is 1. The Kier molecular flexibility index (Phi) is 4.41. The minimum atomic E-state index is 0.266. The highest BCUT2D eigenvalue weighted by Gasteiger charge is 2.18. The van der Waals surface area contributed by atoms with E-state index in [2.05, 4.69) is 5.32 Å². The summed E-state index contributed by atoms with van der Waals surface area (Å²) in [7, 11) is 0. The molecule has 0 bridgehead atoms. The monoisotopic (exact) mass is 283 g/mol. The molecule has 3 rings (SSSR count). The van der Waals surface area contributed by atoms with Gasteiger partial charge in [0.1, 0.15) is 18.1 Å². The maximum atomic E-state index is 10.2. The topological polar surface area (TPSA) is 41.5 Å². The maximum Gasteiger partial charge on any atom is 0.124 e. The zero-order valence-electron chi connectivity index (χ0n) is 12.1. The van der Waals surface area contributed by atoms with Gasteiger partial charge in [-0.15, -0.1) is 0 Å². The SMILES string of the molecule is Oc1cc(OCc2ccccc2)ccc1[C@@H]1CCCCN1. The summed E-state index contributed by atoms with van der Waals surface area (Å²) in [5.41, 5.74) is 2.09. The Labute approximate surface area is 125 Å². The molecule has 0 aliphatic carbocycles. The van der Waals surface area contributed by atoms with Gasteiger partial charge in [0, 0.05) is 17.7 Å². The summed E-state index contributed by atoms with van der Waals surface area (Å²) in [5, 5.41) is 13.7. The van der Waals surface area contributed by atoms with Crippen LogP contribution in [0.4, 0.5) is 0 Å². The largest absolute Gasteiger partial charge is 0.507 e. The minimum absolute atomic E-state index is 0.266. The van der Waals surface area contributed by atoms with Crippen molar-refractivity contribution in [1.82, 2.24) is 5.32 Å². The van der Waals surface area contributed by atoms with Gasteiger partial charge in [0.05, 0.1) is 0 Å². The molecular weight excluding hydrogens is 262 g/mol.